The second kappa shape index (κ2) is 6.21. The Hall–Kier alpha value is -1.64. The van der Waals surface area contributed by atoms with E-state index >= 15 is 0 Å². The van der Waals surface area contributed by atoms with Crippen molar-refractivity contribution in [3.05, 3.63) is 71.3 Å². The van der Waals surface area contributed by atoms with Crippen LogP contribution in [0.1, 0.15) is 35.4 Å². The van der Waals surface area contributed by atoms with Crippen LogP contribution in [0.5, 0.6) is 0 Å². The van der Waals surface area contributed by atoms with Gasteiger partial charge in [-0.1, -0.05) is 54.6 Å². The Labute approximate surface area is 121 Å². The summed E-state index contributed by atoms with van der Waals surface area (Å²) in [5.41, 5.74) is 7.43. The van der Waals surface area contributed by atoms with Crippen LogP contribution in [-0.4, -0.2) is 6.04 Å². The molecule has 0 heterocycles. The van der Waals surface area contributed by atoms with Crippen LogP contribution in [-0.2, 0) is 12.8 Å². The third kappa shape index (κ3) is 2.77. The molecular weight excluding hydrogens is 244 g/mol. The molecule has 3 rings (SSSR count). The monoisotopic (exact) mass is 266 g/mol. The van der Waals surface area contributed by atoms with E-state index in [0.29, 0.717) is 12.0 Å². The van der Waals surface area contributed by atoms with Gasteiger partial charge >= 0.3 is 0 Å². The number of hydrogen-bond acceptors (Lipinski definition) is 2. The van der Waals surface area contributed by atoms with Gasteiger partial charge in [0.1, 0.15) is 0 Å². The normalized spacial score (nSPS) is 18.8. The summed E-state index contributed by atoms with van der Waals surface area (Å²) >= 11 is 0. The molecule has 0 spiro atoms. The smallest absolute Gasteiger partial charge is 0.0282 e. The van der Waals surface area contributed by atoms with Crippen molar-refractivity contribution in [1.29, 1.82) is 0 Å². The Kier molecular flexibility index (Phi) is 4.14. The lowest BCUT2D eigenvalue weighted by Gasteiger charge is -2.23. The van der Waals surface area contributed by atoms with Crippen LogP contribution in [0.4, 0.5) is 0 Å². The fraction of sp³-hybridized carbons (Fsp3) is 0.333. The number of aryl methyl sites for hydroxylation is 2. The highest BCUT2D eigenvalue weighted by molar-refractivity contribution is 5.36. The van der Waals surface area contributed by atoms with E-state index in [0.717, 1.165) is 12.8 Å². The molecule has 2 nitrogen and oxygen atoms in total. The molecule has 0 aliphatic heterocycles. The first kappa shape index (κ1) is 13.3. The zero-order chi connectivity index (χ0) is 13.8. The largest absolute Gasteiger partial charge is 0.271 e. The Morgan fingerprint density at radius 1 is 1.05 bits per heavy atom. The minimum absolute atomic E-state index is 0.360. The molecule has 0 saturated carbocycles. The van der Waals surface area contributed by atoms with E-state index in [4.69, 9.17) is 5.84 Å². The molecule has 104 valence electrons. The van der Waals surface area contributed by atoms with Crippen molar-refractivity contribution in [2.45, 2.75) is 37.6 Å². The summed E-state index contributed by atoms with van der Waals surface area (Å²) in [7, 11) is 0. The summed E-state index contributed by atoms with van der Waals surface area (Å²) in [4.78, 5) is 0. The average Bonchev–Trinajstić information content (AvgIpc) is 2.93. The maximum atomic E-state index is 5.82. The predicted molar refractivity (Wildman–Crippen MR) is 83.4 cm³/mol. The fourth-order valence-corrected chi connectivity index (χ4v) is 3.38. The molecule has 0 bridgehead atoms. The topological polar surface area (TPSA) is 38.0 Å². The number of hydrazine groups is 1. The first-order valence-electron chi connectivity index (χ1n) is 7.46. The summed E-state index contributed by atoms with van der Waals surface area (Å²) in [6.07, 6.45) is 4.56. The van der Waals surface area contributed by atoms with Gasteiger partial charge in [0.05, 0.1) is 0 Å². The van der Waals surface area contributed by atoms with Crippen molar-refractivity contribution >= 4 is 0 Å². The van der Waals surface area contributed by atoms with Crippen molar-refractivity contribution in [3.63, 3.8) is 0 Å². The summed E-state index contributed by atoms with van der Waals surface area (Å²) in [5, 5.41) is 0. The zero-order valence-corrected chi connectivity index (χ0v) is 11.8. The molecule has 2 heteroatoms. The molecule has 0 saturated heterocycles. The van der Waals surface area contributed by atoms with Crippen LogP contribution in [0.15, 0.2) is 54.6 Å². The molecule has 2 unspecified atom stereocenters. The van der Waals surface area contributed by atoms with Gasteiger partial charge < -0.3 is 0 Å². The first-order valence-corrected chi connectivity index (χ1v) is 7.46. The summed E-state index contributed by atoms with van der Waals surface area (Å²) in [5.74, 6) is 6.38. The van der Waals surface area contributed by atoms with Gasteiger partial charge in [0.15, 0.2) is 0 Å². The number of rotatable bonds is 5. The minimum atomic E-state index is 0.360. The molecule has 0 aromatic heterocycles. The number of hydrogen-bond donors (Lipinski definition) is 2. The Bertz CT molecular complexity index is 550. The summed E-state index contributed by atoms with van der Waals surface area (Å²) < 4.78 is 0. The second-order valence-corrected chi connectivity index (χ2v) is 5.64. The third-order valence-corrected chi connectivity index (χ3v) is 4.47. The maximum Gasteiger partial charge on any atom is 0.0282 e. The summed E-state index contributed by atoms with van der Waals surface area (Å²) in [6, 6.07) is 19.8. The van der Waals surface area contributed by atoms with Crippen LogP contribution < -0.4 is 11.3 Å². The Morgan fingerprint density at radius 3 is 2.60 bits per heavy atom. The first-order chi connectivity index (χ1) is 9.88. The quantitative estimate of drug-likeness (QED) is 0.644. The van der Waals surface area contributed by atoms with Crippen molar-refractivity contribution in [3.8, 4) is 0 Å². The molecule has 20 heavy (non-hydrogen) atoms. The van der Waals surface area contributed by atoms with Gasteiger partial charge in [-0.25, -0.2) is 0 Å². The standard InChI is InChI=1S/C18H22N2/c19-20-18(13-10-14-6-2-1-3-7-14)17-12-11-15-8-4-5-9-16(15)17/h1-9,17-18,20H,10-13,19H2. The van der Waals surface area contributed by atoms with Crippen molar-refractivity contribution in [2.24, 2.45) is 5.84 Å². The fourth-order valence-electron chi connectivity index (χ4n) is 3.38. The lowest BCUT2D eigenvalue weighted by atomic mass is 9.89. The minimum Gasteiger partial charge on any atom is -0.271 e. The molecule has 2 atom stereocenters. The number of fused-ring (bicyclic) bond motifs is 1. The molecule has 0 amide bonds. The molecule has 0 fully saturated rings. The third-order valence-electron chi connectivity index (χ3n) is 4.47. The van der Waals surface area contributed by atoms with Crippen molar-refractivity contribution < 1.29 is 0 Å². The van der Waals surface area contributed by atoms with E-state index in [1.165, 1.54) is 29.5 Å². The Balaban J connectivity index is 1.69. The van der Waals surface area contributed by atoms with Gasteiger partial charge in [0.2, 0.25) is 0 Å². The molecule has 0 radical (unpaired) electrons. The number of benzene rings is 2. The molecular formula is C18H22N2. The molecule has 2 aromatic carbocycles. The Morgan fingerprint density at radius 2 is 1.80 bits per heavy atom. The van der Waals surface area contributed by atoms with E-state index in [9.17, 15) is 0 Å². The van der Waals surface area contributed by atoms with Crippen molar-refractivity contribution in [1.82, 2.24) is 5.43 Å². The van der Waals surface area contributed by atoms with Gasteiger partial charge in [0.25, 0.3) is 0 Å². The van der Waals surface area contributed by atoms with Gasteiger partial charge in [-0.2, -0.15) is 0 Å². The molecule has 1 aliphatic rings. The van der Waals surface area contributed by atoms with Crippen LogP contribution in [0.2, 0.25) is 0 Å². The average molecular weight is 266 g/mol. The van der Waals surface area contributed by atoms with E-state index < -0.39 is 0 Å². The van der Waals surface area contributed by atoms with E-state index in [2.05, 4.69) is 60.0 Å². The van der Waals surface area contributed by atoms with Crippen molar-refractivity contribution in [2.75, 3.05) is 0 Å². The van der Waals surface area contributed by atoms with Crippen LogP contribution >= 0.6 is 0 Å². The SMILES string of the molecule is NNC(CCc1ccccc1)C1CCc2ccccc21. The predicted octanol–water partition coefficient (Wildman–Crippen LogP) is 3.18. The summed E-state index contributed by atoms with van der Waals surface area (Å²) in [6.45, 7) is 0. The van der Waals surface area contributed by atoms with E-state index in [1.807, 2.05) is 0 Å². The van der Waals surface area contributed by atoms with Gasteiger partial charge in [-0.15, -0.1) is 0 Å². The maximum absolute atomic E-state index is 5.82. The highest BCUT2D eigenvalue weighted by Gasteiger charge is 2.28. The lowest BCUT2D eigenvalue weighted by Crippen LogP contribution is -2.39. The second-order valence-electron chi connectivity index (χ2n) is 5.64. The van der Waals surface area contributed by atoms with Crippen LogP contribution in [0.25, 0.3) is 0 Å². The molecule has 1 aliphatic carbocycles. The van der Waals surface area contributed by atoms with Crippen LogP contribution in [0, 0.1) is 0 Å². The highest BCUT2D eigenvalue weighted by atomic mass is 15.2. The van der Waals surface area contributed by atoms with E-state index in [1.54, 1.807) is 0 Å². The van der Waals surface area contributed by atoms with Gasteiger partial charge in [-0.3, -0.25) is 11.3 Å². The van der Waals surface area contributed by atoms with E-state index in [-0.39, 0.29) is 0 Å². The number of nitrogens with one attached hydrogen (secondary N) is 1. The number of nitrogens with two attached hydrogens (primary N) is 1. The zero-order valence-electron chi connectivity index (χ0n) is 11.8. The highest BCUT2D eigenvalue weighted by Crippen LogP contribution is 2.36. The molecule has 2 aromatic rings. The van der Waals surface area contributed by atoms with Crippen LogP contribution in [0.3, 0.4) is 0 Å². The lowest BCUT2D eigenvalue weighted by molar-refractivity contribution is 0.413. The molecule has 3 N–H and O–H groups in total. The van der Waals surface area contributed by atoms with Gasteiger partial charge in [0, 0.05) is 12.0 Å². The van der Waals surface area contributed by atoms with Gasteiger partial charge in [-0.05, 0) is 42.4 Å².